The molecule has 5 nitrogen and oxygen atoms in total. The molecule has 2 heterocycles. The van der Waals surface area contributed by atoms with Gasteiger partial charge in [0.25, 0.3) is 0 Å². The van der Waals surface area contributed by atoms with Gasteiger partial charge in [0.2, 0.25) is 0 Å². The summed E-state index contributed by atoms with van der Waals surface area (Å²) in [6.07, 6.45) is 2.50. The van der Waals surface area contributed by atoms with Gasteiger partial charge in [-0.25, -0.2) is 0 Å². The Labute approximate surface area is 110 Å². The molecule has 5 heteroatoms. The predicted molar refractivity (Wildman–Crippen MR) is 71.3 cm³/mol. The summed E-state index contributed by atoms with van der Waals surface area (Å²) < 4.78 is 5.32. The van der Waals surface area contributed by atoms with Crippen LogP contribution in [0.15, 0.2) is 24.4 Å². The van der Waals surface area contributed by atoms with E-state index < -0.39 is 5.97 Å². The Morgan fingerprint density at radius 1 is 1.42 bits per heavy atom. The Bertz CT molecular complexity index is 620. The number of carboxylic acid groups (broad SMARTS) is 1. The number of nitrogens with one attached hydrogen (secondary N) is 2. The molecule has 0 bridgehead atoms. The Kier molecular flexibility index (Phi) is 2.91. The molecule has 0 aliphatic carbocycles. The number of aromatic amines is 1. The lowest BCUT2D eigenvalue weighted by atomic mass is 9.97. The minimum atomic E-state index is -0.728. The van der Waals surface area contributed by atoms with Crippen LogP contribution in [0.3, 0.4) is 0 Å². The number of carboxylic acids is 1. The summed E-state index contributed by atoms with van der Waals surface area (Å²) in [5.41, 5.74) is 2.08. The molecule has 1 aromatic heterocycles. The van der Waals surface area contributed by atoms with Gasteiger partial charge >= 0.3 is 5.97 Å². The smallest absolute Gasteiger partial charge is 0.307 e. The van der Waals surface area contributed by atoms with Crippen LogP contribution in [-0.4, -0.2) is 29.7 Å². The number of benzene rings is 1. The van der Waals surface area contributed by atoms with Crippen LogP contribution in [0.25, 0.3) is 10.9 Å². The van der Waals surface area contributed by atoms with Crippen molar-refractivity contribution in [2.45, 2.75) is 12.5 Å². The van der Waals surface area contributed by atoms with Crippen LogP contribution < -0.4 is 10.1 Å². The minimum Gasteiger partial charge on any atom is -0.495 e. The number of fused-ring (bicyclic) bond motifs is 1. The average Bonchev–Trinajstić information content (AvgIpc) is 3.06. The summed E-state index contributed by atoms with van der Waals surface area (Å²) in [5.74, 6) is -0.230. The number of methoxy groups -OCH3 is 1. The third-order valence-corrected chi connectivity index (χ3v) is 3.79. The fourth-order valence-corrected chi connectivity index (χ4v) is 2.79. The summed E-state index contributed by atoms with van der Waals surface area (Å²) >= 11 is 0. The fraction of sp³-hybridized carbons (Fsp3) is 0.357. The number of hydrogen-bond donors (Lipinski definition) is 3. The fourth-order valence-electron chi connectivity index (χ4n) is 2.79. The highest BCUT2D eigenvalue weighted by atomic mass is 16.5. The lowest BCUT2D eigenvalue weighted by Gasteiger charge is -2.13. The molecule has 1 saturated heterocycles. The molecule has 100 valence electrons. The molecular formula is C14H16N2O3. The number of carbonyl (C=O) groups is 1. The van der Waals surface area contributed by atoms with E-state index in [0.29, 0.717) is 13.0 Å². The largest absolute Gasteiger partial charge is 0.495 e. The van der Waals surface area contributed by atoms with Crippen molar-refractivity contribution in [2.75, 3.05) is 13.7 Å². The molecule has 0 radical (unpaired) electrons. The molecule has 3 N–H and O–H groups in total. The monoisotopic (exact) mass is 260 g/mol. The van der Waals surface area contributed by atoms with E-state index in [1.54, 1.807) is 7.11 Å². The van der Waals surface area contributed by atoms with Crippen molar-refractivity contribution >= 4 is 16.9 Å². The molecular weight excluding hydrogens is 244 g/mol. The Morgan fingerprint density at radius 3 is 2.95 bits per heavy atom. The van der Waals surface area contributed by atoms with Crippen LogP contribution in [0.4, 0.5) is 0 Å². The number of aromatic nitrogens is 1. The summed E-state index contributed by atoms with van der Waals surface area (Å²) in [4.78, 5) is 14.2. The minimum absolute atomic E-state index is 0.0882. The first kappa shape index (κ1) is 12.0. The normalized spacial score (nSPS) is 22.8. The van der Waals surface area contributed by atoms with Crippen molar-refractivity contribution in [1.82, 2.24) is 10.3 Å². The van der Waals surface area contributed by atoms with Gasteiger partial charge in [-0.3, -0.25) is 4.79 Å². The average molecular weight is 260 g/mol. The third-order valence-electron chi connectivity index (χ3n) is 3.79. The van der Waals surface area contributed by atoms with E-state index in [4.69, 9.17) is 9.84 Å². The van der Waals surface area contributed by atoms with Crippen LogP contribution in [0, 0.1) is 5.92 Å². The zero-order chi connectivity index (χ0) is 13.4. The number of rotatable bonds is 3. The first-order valence-electron chi connectivity index (χ1n) is 6.31. The van der Waals surface area contributed by atoms with Crippen LogP contribution in [0.5, 0.6) is 5.75 Å². The van der Waals surface area contributed by atoms with Crippen LogP contribution in [0.2, 0.25) is 0 Å². The molecule has 1 aliphatic heterocycles. The van der Waals surface area contributed by atoms with Gasteiger partial charge in [-0.15, -0.1) is 0 Å². The second-order valence-corrected chi connectivity index (χ2v) is 4.86. The summed E-state index contributed by atoms with van der Waals surface area (Å²) in [7, 11) is 1.64. The van der Waals surface area contributed by atoms with Gasteiger partial charge in [0, 0.05) is 24.2 Å². The first-order valence-corrected chi connectivity index (χ1v) is 6.31. The van der Waals surface area contributed by atoms with Gasteiger partial charge < -0.3 is 20.1 Å². The second-order valence-electron chi connectivity index (χ2n) is 4.86. The molecule has 1 aromatic carbocycles. The van der Waals surface area contributed by atoms with Gasteiger partial charge in [0.1, 0.15) is 5.75 Å². The summed E-state index contributed by atoms with van der Waals surface area (Å²) in [5, 5.41) is 13.4. The zero-order valence-corrected chi connectivity index (χ0v) is 10.6. The molecule has 0 saturated carbocycles. The highest BCUT2D eigenvalue weighted by molar-refractivity contribution is 5.88. The lowest BCUT2D eigenvalue weighted by molar-refractivity contribution is -0.141. The predicted octanol–water partition coefficient (Wildman–Crippen LogP) is 1.91. The van der Waals surface area contributed by atoms with E-state index in [0.717, 1.165) is 22.2 Å². The van der Waals surface area contributed by atoms with E-state index in [9.17, 15) is 4.79 Å². The summed E-state index contributed by atoms with van der Waals surface area (Å²) in [6.45, 7) is 0.526. The topological polar surface area (TPSA) is 74.3 Å². The number of aliphatic carboxylic acids is 1. The van der Waals surface area contributed by atoms with E-state index >= 15 is 0 Å². The van der Waals surface area contributed by atoms with Crippen molar-refractivity contribution in [3.05, 3.63) is 30.0 Å². The maximum atomic E-state index is 11.0. The molecule has 2 aromatic rings. The van der Waals surface area contributed by atoms with Gasteiger partial charge in [0.15, 0.2) is 0 Å². The molecule has 3 rings (SSSR count). The van der Waals surface area contributed by atoms with E-state index in [2.05, 4.69) is 10.3 Å². The van der Waals surface area contributed by atoms with Crippen molar-refractivity contribution in [3.8, 4) is 5.75 Å². The van der Waals surface area contributed by atoms with E-state index in [-0.39, 0.29) is 12.0 Å². The zero-order valence-electron chi connectivity index (χ0n) is 10.6. The number of hydrogen-bond acceptors (Lipinski definition) is 3. The SMILES string of the molecule is COc1ccc(C2CC(C(=O)O)CN2)c2cc[nH]c12. The highest BCUT2D eigenvalue weighted by Crippen LogP contribution is 2.35. The molecule has 0 spiro atoms. The third kappa shape index (κ3) is 1.96. The molecule has 2 unspecified atom stereocenters. The number of ether oxygens (including phenoxy) is 1. The molecule has 0 amide bonds. The maximum absolute atomic E-state index is 11.0. The first-order chi connectivity index (χ1) is 9.20. The van der Waals surface area contributed by atoms with E-state index in [1.165, 1.54) is 0 Å². The van der Waals surface area contributed by atoms with Gasteiger partial charge in [-0.1, -0.05) is 6.07 Å². The second kappa shape index (κ2) is 4.59. The Balaban J connectivity index is 1.98. The maximum Gasteiger partial charge on any atom is 0.307 e. The van der Waals surface area contributed by atoms with Crippen molar-refractivity contribution < 1.29 is 14.6 Å². The highest BCUT2D eigenvalue weighted by Gasteiger charge is 2.31. The van der Waals surface area contributed by atoms with Gasteiger partial charge in [-0.05, 0) is 24.1 Å². The Morgan fingerprint density at radius 2 is 2.26 bits per heavy atom. The molecule has 2 atom stereocenters. The number of H-pyrrole nitrogens is 1. The van der Waals surface area contributed by atoms with Crippen molar-refractivity contribution in [3.63, 3.8) is 0 Å². The molecule has 1 aliphatic rings. The van der Waals surface area contributed by atoms with Crippen LogP contribution in [0.1, 0.15) is 18.0 Å². The van der Waals surface area contributed by atoms with Crippen molar-refractivity contribution in [1.29, 1.82) is 0 Å². The standard InChI is InChI=1S/C14H16N2O3/c1-19-12-3-2-9(10-4-5-15-13(10)12)11-6-8(7-16-11)14(17)18/h2-5,8,11,15-16H,6-7H2,1H3,(H,17,18). The van der Waals surface area contributed by atoms with Crippen LogP contribution in [-0.2, 0) is 4.79 Å². The quantitative estimate of drug-likeness (QED) is 0.788. The van der Waals surface area contributed by atoms with E-state index in [1.807, 2.05) is 24.4 Å². The van der Waals surface area contributed by atoms with Crippen molar-refractivity contribution in [2.24, 2.45) is 5.92 Å². The van der Waals surface area contributed by atoms with Gasteiger partial charge in [-0.2, -0.15) is 0 Å². The lowest BCUT2D eigenvalue weighted by Crippen LogP contribution is -2.17. The molecule has 1 fully saturated rings. The summed E-state index contributed by atoms with van der Waals surface area (Å²) in [6, 6.07) is 6.02. The van der Waals surface area contributed by atoms with Gasteiger partial charge in [0.05, 0.1) is 18.5 Å². The molecule has 19 heavy (non-hydrogen) atoms. The Hall–Kier alpha value is -2.01. The van der Waals surface area contributed by atoms with Crippen LogP contribution >= 0.6 is 0 Å².